The molecule has 10 heteroatoms. The molecule has 0 saturated carbocycles. The SMILES string of the molecule is COc1ccc(S(=O)(=O)N2CCC(NC(=O)c3cc(Br)c(O)c(OC)c3)CC2)cc1. The normalized spacial score (nSPS) is 15.6. The number of aromatic hydroxyl groups is 1. The number of halogens is 1. The van der Waals surface area contributed by atoms with Gasteiger partial charge in [-0.15, -0.1) is 0 Å². The van der Waals surface area contributed by atoms with Gasteiger partial charge in [-0.25, -0.2) is 8.42 Å². The summed E-state index contributed by atoms with van der Waals surface area (Å²) in [5, 5.41) is 12.8. The van der Waals surface area contributed by atoms with Crippen LogP contribution in [0.4, 0.5) is 0 Å². The third kappa shape index (κ3) is 4.71. The van der Waals surface area contributed by atoms with E-state index in [-0.39, 0.29) is 28.3 Å². The molecule has 2 N–H and O–H groups in total. The largest absolute Gasteiger partial charge is 0.503 e. The summed E-state index contributed by atoms with van der Waals surface area (Å²) in [5.74, 6) is 0.388. The lowest BCUT2D eigenvalue weighted by Gasteiger charge is -2.31. The fourth-order valence-electron chi connectivity index (χ4n) is 3.27. The minimum atomic E-state index is -3.60. The van der Waals surface area contributed by atoms with Crippen LogP contribution in [0.2, 0.25) is 0 Å². The second kappa shape index (κ2) is 9.23. The van der Waals surface area contributed by atoms with Crippen LogP contribution in [0.15, 0.2) is 45.8 Å². The van der Waals surface area contributed by atoms with E-state index in [1.807, 2.05) is 0 Å². The van der Waals surface area contributed by atoms with Crippen LogP contribution in [0, 0.1) is 0 Å². The number of piperidine rings is 1. The lowest BCUT2D eigenvalue weighted by atomic mass is 10.1. The van der Waals surface area contributed by atoms with Crippen LogP contribution < -0.4 is 14.8 Å². The Labute approximate surface area is 184 Å². The summed E-state index contributed by atoms with van der Waals surface area (Å²) in [6.45, 7) is 0.615. The monoisotopic (exact) mass is 498 g/mol. The molecule has 30 heavy (non-hydrogen) atoms. The highest BCUT2D eigenvalue weighted by Crippen LogP contribution is 2.35. The number of carbonyl (C=O) groups excluding carboxylic acids is 1. The van der Waals surface area contributed by atoms with Crippen LogP contribution in [0.1, 0.15) is 23.2 Å². The molecule has 1 heterocycles. The number of hydrogen-bond donors (Lipinski definition) is 2. The summed E-state index contributed by atoms with van der Waals surface area (Å²) in [6.07, 6.45) is 0.995. The number of amides is 1. The molecular formula is C20H23BrN2O6S. The third-order valence-corrected chi connectivity index (χ3v) is 7.51. The smallest absolute Gasteiger partial charge is 0.251 e. The summed E-state index contributed by atoms with van der Waals surface area (Å²) in [5.41, 5.74) is 0.338. The zero-order chi connectivity index (χ0) is 21.9. The Balaban J connectivity index is 1.62. The molecule has 1 aliphatic heterocycles. The quantitative estimate of drug-likeness (QED) is 0.634. The van der Waals surface area contributed by atoms with Gasteiger partial charge in [0.25, 0.3) is 5.91 Å². The summed E-state index contributed by atoms with van der Waals surface area (Å²) in [7, 11) is -0.668. The molecule has 1 fully saturated rings. The van der Waals surface area contributed by atoms with Gasteiger partial charge in [-0.2, -0.15) is 4.31 Å². The Morgan fingerprint density at radius 2 is 1.77 bits per heavy atom. The predicted octanol–water partition coefficient (Wildman–Crippen LogP) is 2.76. The molecule has 0 atom stereocenters. The van der Waals surface area contributed by atoms with Crippen molar-refractivity contribution in [1.82, 2.24) is 9.62 Å². The third-order valence-electron chi connectivity index (χ3n) is 5.00. The van der Waals surface area contributed by atoms with Gasteiger partial charge in [0.1, 0.15) is 5.75 Å². The molecule has 0 radical (unpaired) electrons. The number of phenolic OH excluding ortho intramolecular Hbond substituents is 1. The average molecular weight is 499 g/mol. The van der Waals surface area contributed by atoms with E-state index in [0.717, 1.165) is 0 Å². The molecule has 0 bridgehead atoms. The molecule has 1 amide bonds. The van der Waals surface area contributed by atoms with Gasteiger partial charge in [-0.05, 0) is 65.2 Å². The lowest BCUT2D eigenvalue weighted by Crippen LogP contribution is -2.46. The highest BCUT2D eigenvalue weighted by atomic mass is 79.9. The highest BCUT2D eigenvalue weighted by molar-refractivity contribution is 9.10. The maximum absolute atomic E-state index is 12.8. The van der Waals surface area contributed by atoms with Crippen molar-refractivity contribution >= 4 is 31.9 Å². The zero-order valence-electron chi connectivity index (χ0n) is 16.6. The summed E-state index contributed by atoms with van der Waals surface area (Å²) in [4.78, 5) is 12.8. The van der Waals surface area contributed by atoms with Crippen molar-refractivity contribution in [3.05, 3.63) is 46.4 Å². The number of methoxy groups -OCH3 is 2. The van der Waals surface area contributed by atoms with Crippen LogP contribution in [0.25, 0.3) is 0 Å². The number of benzene rings is 2. The summed E-state index contributed by atoms with van der Waals surface area (Å²) >= 11 is 3.20. The van der Waals surface area contributed by atoms with Crippen LogP contribution in [0.5, 0.6) is 17.2 Å². The standard InChI is InChI=1S/C20H23BrN2O6S/c1-28-15-3-5-16(6-4-15)30(26,27)23-9-7-14(8-10-23)22-20(25)13-11-17(21)19(24)18(12-13)29-2/h3-6,11-12,14,24H,7-10H2,1-2H3,(H,22,25). The first-order valence-electron chi connectivity index (χ1n) is 9.28. The molecule has 0 unspecified atom stereocenters. The molecule has 3 rings (SSSR count). The maximum atomic E-state index is 12.8. The fourth-order valence-corrected chi connectivity index (χ4v) is 5.18. The van der Waals surface area contributed by atoms with Crippen LogP contribution in [-0.4, -0.2) is 57.1 Å². The Kier molecular flexibility index (Phi) is 6.89. The van der Waals surface area contributed by atoms with Crippen molar-refractivity contribution < 1.29 is 27.8 Å². The number of rotatable bonds is 6. The molecular weight excluding hydrogens is 476 g/mol. The van der Waals surface area contributed by atoms with Gasteiger partial charge < -0.3 is 19.9 Å². The predicted molar refractivity (Wildman–Crippen MR) is 115 cm³/mol. The second-order valence-corrected chi connectivity index (χ2v) is 9.63. The molecule has 0 aromatic heterocycles. The molecule has 2 aromatic carbocycles. The number of nitrogens with one attached hydrogen (secondary N) is 1. The van der Waals surface area contributed by atoms with E-state index < -0.39 is 10.0 Å². The molecule has 0 spiro atoms. The van der Waals surface area contributed by atoms with Gasteiger partial charge in [0, 0.05) is 24.7 Å². The van der Waals surface area contributed by atoms with E-state index in [9.17, 15) is 18.3 Å². The van der Waals surface area contributed by atoms with E-state index in [4.69, 9.17) is 9.47 Å². The van der Waals surface area contributed by atoms with Gasteiger partial charge >= 0.3 is 0 Å². The zero-order valence-corrected chi connectivity index (χ0v) is 19.0. The van der Waals surface area contributed by atoms with Crippen LogP contribution in [-0.2, 0) is 10.0 Å². The Morgan fingerprint density at radius 1 is 1.13 bits per heavy atom. The van der Waals surface area contributed by atoms with Crippen LogP contribution in [0.3, 0.4) is 0 Å². The van der Waals surface area contributed by atoms with E-state index in [2.05, 4.69) is 21.2 Å². The Morgan fingerprint density at radius 3 is 2.33 bits per heavy atom. The Bertz CT molecular complexity index is 1020. The van der Waals surface area contributed by atoms with Crippen LogP contribution >= 0.6 is 15.9 Å². The number of nitrogens with zero attached hydrogens (tertiary/aromatic N) is 1. The first-order chi connectivity index (χ1) is 14.3. The Hall–Kier alpha value is -2.30. The molecule has 1 aliphatic rings. The molecule has 162 valence electrons. The van der Waals surface area contributed by atoms with Gasteiger partial charge in [-0.1, -0.05) is 0 Å². The number of phenols is 1. The fraction of sp³-hybridized carbons (Fsp3) is 0.350. The summed E-state index contributed by atoms with van der Waals surface area (Å²) < 4.78 is 37.6. The first kappa shape index (κ1) is 22.4. The molecule has 8 nitrogen and oxygen atoms in total. The van der Waals surface area contributed by atoms with E-state index in [0.29, 0.717) is 41.7 Å². The maximum Gasteiger partial charge on any atom is 0.251 e. The second-order valence-electron chi connectivity index (χ2n) is 6.84. The average Bonchev–Trinajstić information content (AvgIpc) is 2.75. The summed E-state index contributed by atoms with van der Waals surface area (Å²) in [6, 6.07) is 9.09. The number of ether oxygens (including phenoxy) is 2. The van der Waals surface area contributed by atoms with Gasteiger partial charge in [0.2, 0.25) is 10.0 Å². The van der Waals surface area contributed by atoms with Crippen molar-refractivity contribution in [3.8, 4) is 17.2 Å². The number of hydrogen-bond acceptors (Lipinski definition) is 6. The number of sulfonamides is 1. The molecule has 2 aromatic rings. The molecule has 1 saturated heterocycles. The van der Waals surface area contributed by atoms with Gasteiger partial charge in [0.15, 0.2) is 11.5 Å². The van der Waals surface area contributed by atoms with Crippen molar-refractivity contribution in [1.29, 1.82) is 0 Å². The first-order valence-corrected chi connectivity index (χ1v) is 11.5. The number of carbonyl (C=O) groups is 1. The van der Waals surface area contributed by atoms with Crippen molar-refractivity contribution in [2.45, 2.75) is 23.8 Å². The van der Waals surface area contributed by atoms with Crippen molar-refractivity contribution in [2.75, 3.05) is 27.3 Å². The van der Waals surface area contributed by atoms with E-state index in [1.165, 1.54) is 42.8 Å². The van der Waals surface area contributed by atoms with E-state index >= 15 is 0 Å². The minimum absolute atomic E-state index is 0.0777. The van der Waals surface area contributed by atoms with Gasteiger partial charge in [0.05, 0.1) is 23.6 Å². The van der Waals surface area contributed by atoms with Crippen molar-refractivity contribution in [2.24, 2.45) is 0 Å². The van der Waals surface area contributed by atoms with Crippen molar-refractivity contribution in [3.63, 3.8) is 0 Å². The lowest BCUT2D eigenvalue weighted by molar-refractivity contribution is 0.0923. The molecule has 0 aliphatic carbocycles. The van der Waals surface area contributed by atoms with E-state index in [1.54, 1.807) is 12.1 Å². The highest BCUT2D eigenvalue weighted by Gasteiger charge is 2.30. The minimum Gasteiger partial charge on any atom is -0.503 e. The topological polar surface area (TPSA) is 105 Å². The van der Waals surface area contributed by atoms with Gasteiger partial charge in [-0.3, -0.25) is 4.79 Å².